The van der Waals surface area contributed by atoms with Crippen LogP contribution in [0, 0.1) is 5.92 Å². The molecule has 1 rings (SSSR count). The van der Waals surface area contributed by atoms with Crippen LogP contribution in [0.25, 0.3) is 0 Å². The van der Waals surface area contributed by atoms with Crippen molar-refractivity contribution in [1.82, 2.24) is 10.2 Å². The topological polar surface area (TPSA) is 32.3 Å². The normalized spacial score (nSPS) is 28.2. The Bertz CT molecular complexity index is 180. The third-order valence-corrected chi connectivity index (χ3v) is 2.83. The molecule has 1 saturated carbocycles. The van der Waals surface area contributed by atoms with Gasteiger partial charge in [-0.1, -0.05) is 19.8 Å². The zero-order valence-corrected chi connectivity index (χ0v) is 8.84. The van der Waals surface area contributed by atoms with Gasteiger partial charge in [0, 0.05) is 20.1 Å². The molecule has 1 aliphatic rings. The molecular formula is C10H20N2O. The van der Waals surface area contributed by atoms with Crippen LogP contribution in [0.3, 0.4) is 0 Å². The van der Waals surface area contributed by atoms with E-state index in [4.69, 9.17) is 0 Å². The van der Waals surface area contributed by atoms with E-state index in [1.807, 2.05) is 0 Å². The summed E-state index contributed by atoms with van der Waals surface area (Å²) in [5, 5.41) is 3.06. The lowest BCUT2D eigenvalue weighted by molar-refractivity contribution is 0.199. The van der Waals surface area contributed by atoms with Gasteiger partial charge in [0.05, 0.1) is 0 Å². The number of nitrogens with zero attached hydrogens (tertiary/aromatic N) is 1. The second kappa shape index (κ2) is 4.49. The predicted molar refractivity (Wildman–Crippen MR) is 53.6 cm³/mol. The lowest BCUT2D eigenvalue weighted by Crippen LogP contribution is -2.45. The molecule has 3 nitrogen and oxygen atoms in total. The van der Waals surface area contributed by atoms with Gasteiger partial charge < -0.3 is 10.2 Å². The van der Waals surface area contributed by atoms with E-state index in [2.05, 4.69) is 12.2 Å². The Labute approximate surface area is 80.5 Å². The van der Waals surface area contributed by atoms with Gasteiger partial charge in [0.2, 0.25) is 0 Å². The molecule has 1 fully saturated rings. The van der Waals surface area contributed by atoms with Crippen molar-refractivity contribution in [3.63, 3.8) is 0 Å². The fourth-order valence-electron chi connectivity index (χ4n) is 1.82. The Morgan fingerprint density at radius 1 is 1.31 bits per heavy atom. The molecule has 0 bridgehead atoms. The van der Waals surface area contributed by atoms with Crippen molar-refractivity contribution < 1.29 is 4.79 Å². The second-order valence-electron chi connectivity index (χ2n) is 4.21. The van der Waals surface area contributed by atoms with Crippen LogP contribution in [0.2, 0.25) is 0 Å². The van der Waals surface area contributed by atoms with E-state index < -0.39 is 0 Å². The molecule has 0 radical (unpaired) electrons. The number of rotatable bonds is 1. The number of amides is 2. The molecule has 0 spiro atoms. The van der Waals surface area contributed by atoms with Gasteiger partial charge in [-0.2, -0.15) is 0 Å². The third kappa shape index (κ3) is 2.90. The summed E-state index contributed by atoms with van der Waals surface area (Å²) >= 11 is 0. The highest BCUT2D eigenvalue weighted by Gasteiger charge is 2.22. The molecule has 13 heavy (non-hydrogen) atoms. The molecule has 1 aliphatic carbocycles. The molecule has 2 atom stereocenters. The number of carbonyl (C=O) groups is 1. The molecule has 76 valence electrons. The predicted octanol–water partition coefficient (Wildman–Crippen LogP) is 1.84. The largest absolute Gasteiger partial charge is 0.335 e. The van der Waals surface area contributed by atoms with Gasteiger partial charge >= 0.3 is 6.03 Å². The van der Waals surface area contributed by atoms with Crippen LogP contribution in [0.4, 0.5) is 4.79 Å². The molecule has 0 aromatic rings. The van der Waals surface area contributed by atoms with E-state index in [1.165, 1.54) is 19.3 Å². The van der Waals surface area contributed by atoms with Gasteiger partial charge in [-0.25, -0.2) is 4.79 Å². The standard InChI is InChI=1S/C10H20N2O/c1-8-6-4-5-7-9(8)11-10(13)12(2)3/h8-9H,4-7H2,1-3H3,(H,11,13). The molecule has 2 amide bonds. The van der Waals surface area contributed by atoms with Crippen molar-refractivity contribution in [1.29, 1.82) is 0 Å². The number of nitrogens with one attached hydrogen (secondary N) is 1. The summed E-state index contributed by atoms with van der Waals surface area (Å²) in [6.07, 6.45) is 4.96. The Balaban J connectivity index is 2.38. The van der Waals surface area contributed by atoms with Gasteiger partial charge in [0.25, 0.3) is 0 Å². The van der Waals surface area contributed by atoms with Gasteiger partial charge in [-0.3, -0.25) is 0 Å². The summed E-state index contributed by atoms with van der Waals surface area (Å²) in [6.45, 7) is 2.22. The minimum absolute atomic E-state index is 0.0405. The minimum atomic E-state index is 0.0405. The van der Waals surface area contributed by atoms with E-state index in [1.54, 1.807) is 19.0 Å². The molecule has 0 aromatic heterocycles. The SMILES string of the molecule is CC1CCCCC1NC(=O)N(C)C. The average molecular weight is 184 g/mol. The van der Waals surface area contributed by atoms with Crippen molar-refractivity contribution in [2.45, 2.75) is 38.6 Å². The number of hydrogen-bond acceptors (Lipinski definition) is 1. The van der Waals surface area contributed by atoms with Crippen molar-refractivity contribution >= 4 is 6.03 Å². The maximum absolute atomic E-state index is 11.4. The van der Waals surface area contributed by atoms with Crippen molar-refractivity contribution in [2.75, 3.05) is 14.1 Å². The molecule has 0 heterocycles. The van der Waals surface area contributed by atoms with Crippen molar-refractivity contribution in [3.8, 4) is 0 Å². The van der Waals surface area contributed by atoms with Crippen LogP contribution in [0.15, 0.2) is 0 Å². The van der Waals surface area contributed by atoms with E-state index in [-0.39, 0.29) is 6.03 Å². The van der Waals surface area contributed by atoms with E-state index >= 15 is 0 Å². The summed E-state index contributed by atoms with van der Waals surface area (Å²) in [6, 6.07) is 0.433. The molecule has 1 N–H and O–H groups in total. The highest BCUT2D eigenvalue weighted by Crippen LogP contribution is 2.23. The highest BCUT2D eigenvalue weighted by molar-refractivity contribution is 5.73. The summed E-state index contributed by atoms with van der Waals surface area (Å²) in [7, 11) is 3.56. The van der Waals surface area contributed by atoms with Gasteiger partial charge in [-0.15, -0.1) is 0 Å². The highest BCUT2D eigenvalue weighted by atomic mass is 16.2. The van der Waals surface area contributed by atoms with Gasteiger partial charge in [0.1, 0.15) is 0 Å². The molecule has 0 saturated heterocycles. The van der Waals surface area contributed by atoms with Crippen LogP contribution < -0.4 is 5.32 Å². The van der Waals surface area contributed by atoms with Crippen LogP contribution in [0.1, 0.15) is 32.6 Å². The summed E-state index contributed by atoms with van der Waals surface area (Å²) in [5.74, 6) is 0.637. The molecule has 0 aliphatic heterocycles. The zero-order valence-electron chi connectivity index (χ0n) is 8.84. The Morgan fingerprint density at radius 2 is 1.92 bits per heavy atom. The maximum atomic E-state index is 11.4. The van der Waals surface area contributed by atoms with Crippen LogP contribution in [-0.2, 0) is 0 Å². The quantitative estimate of drug-likeness (QED) is 0.662. The van der Waals surface area contributed by atoms with Crippen LogP contribution in [0.5, 0.6) is 0 Å². The van der Waals surface area contributed by atoms with Crippen LogP contribution in [-0.4, -0.2) is 31.1 Å². The lowest BCUT2D eigenvalue weighted by Gasteiger charge is -2.30. The van der Waals surface area contributed by atoms with E-state index in [0.717, 1.165) is 6.42 Å². The van der Waals surface area contributed by atoms with Gasteiger partial charge in [0.15, 0.2) is 0 Å². The van der Waals surface area contributed by atoms with Crippen LogP contribution >= 0.6 is 0 Å². The molecular weight excluding hydrogens is 164 g/mol. The lowest BCUT2D eigenvalue weighted by atomic mass is 9.86. The molecule has 3 heteroatoms. The first-order valence-corrected chi connectivity index (χ1v) is 5.09. The van der Waals surface area contributed by atoms with Crippen molar-refractivity contribution in [2.24, 2.45) is 5.92 Å². The minimum Gasteiger partial charge on any atom is -0.335 e. The monoisotopic (exact) mass is 184 g/mol. The third-order valence-electron chi connectivity index (χ3n) is 2.83. The van der Waals surface area contributed by atoms with Gasteiger partial charge in [-0.05, 0) is 18.8 Å². The summed E-state index contributed by atoms with van der Waals surface area (Å²) in [5.41, 5.74) is 0. The van der Waals surface area contributed by atoms with Crippen molar-refractivity contribution in [3.05, 3.63) is 0 Å². The summed E-state index contributed by atoms with van der Waals surface area (Å²) in [4.78, 5) is 13.0. The fourth-order valence-corrected chi connectivity index (χ4v) is 1.82. The Kier molecular flexibility index (Phi) is 3.58. The average Bonchev–Trinajstić information content (AvgIpc) is 2.08. The zero-order chi connectivity index (χ0) is 9.84. The fraction of sp³-hybridized carbons (Fsp3) is 0.900. The molecule has 2 unspecified atom stereocenters. The molecule has 0 aromatic carbocycles. The smallest absolute Gasteiger partial charge is 0.317 e. The van der Waals surface area contributed by atoms with E-state index in [0.29, 0.717) is 12.0 Å². The summed E-state index contributed by atoms with van der Waals surface area (Å²) < 4.78 is 0. The first-order chi connectivity index (χ1) is 6.11. The first kappa shape index (κ1) is 10.4. The number of hydrogen-bond donors (Lipinski definition) is 1. The first-order valence-electron chi connectivity index (χ1n) is 5.09. The van der Waals surface area contributed by atoms with E-state index in [9.17, 15) is 4.79 Å². The number of carbonyl (C=O) groups excluding carboxylic acids is 1. The second-order valence-corrected chi connectivity index (χ2v) is 4.21. The Morgan fingerprint density at radius 3 is 2.46 bits per heavy atom. The number of urea groups is 1. The maximum Gasteiger partial charge on any atom is 0.317 e. The Hall–Kier alpha value is -0.730.